The Morgan fingerprint density at radius 2 is 2.20 bits per heavy atom. The Balaban J connectivity index is 2.08. The van der Waals surface area contributed by atoms with Gasteiger partial charge >= 0.3 is 6.03 Å². The van der Waals surface area contributed by atoms with Crippen LogP contribution in [0.5, 0.6) is 0 Å². The van der Waals surface area contributed by atoms with Gasteiger partial charge in [-0.1, -0.05) is 34.1 Å². The van der Waals surface area contributed by atoms with Gasteiger partial charge < -0.3 is 10.2 Å². The summed E-state index contributed by atoms with van der Waals surface area (Å²) < 4.78 is 1.06. The van der Waals surface area contributed by atoms with Crippen LogP contribution in [-0.4, -0.2) is 24.0 Å². The number of halogens is 1. The van der Waals surface area contributed by atoms with Crippen LogP contribution < -0.4 is 5.32 Å². The molecule has 1 fully saturated rings. The summed E-state index contributed by atoms with van der Waals surface area (Å²) in [5, 5.41) is 2.84. The molecule has 0 bridgehead atoms. The maximum absolute atomic E-state index is 11.5. The van der Waals surface area contributed by atoms with E-state index in [9.17, 15) is 4.79 Å². The third-order valence-corrected chi connectivity index (χ3v) is 3.26. The van der Waals surface area contributed by atoms with E-state index in [4.69, 9.17) is 0 Å². The average Bonchev–Trinajstić information content (AvgIpc) is 2.24. The average molecular weight is 269 g/mol. The zero-order valence-electron chi connectivity index (χ0n) is 8.37. The van der Waals surface area contributed by atoms with Crippen LogP contribution in [0.25, 0.3) is 0 Å². The highest BCUT2D eigenvalue weighted by atomic mass is 79.9. The summed E-state index contributed by atoms with van der Waals surface area (Å²) >= 11 is 3.48. The molecule has 2 rings (SSSR count). The molecule has 2 amide bonds. The van der Waals surface area contributed by atoms with Gasteiger partial charge in [0.15, 0.2) is 0 Å². The highest BCUT2D eigenvalue weighted by molar-refractivity contribution is 9.10. The van der Waals surface area contributed by atoms with Gasteiger partial charge in [-0.05, 0) is 18.1 Å². The smallest absolute Gasteiger partial charge is 0.317 e. The molecule has 0 spiro atoms. The van der Waals surface area contributed by atoms with Crippen molar-refractivity contribution in [2.75, 3.05) is 13.1 Å². The number of carbonyl (C=O) groups is 1. The van der Waals surface area contributed by atoms with Crippen molar-refractivity contribution in [1.82, 2.24) is 10.2 Å². The summed E-state index contributed by atoms with van der Waals surface area (Å²) in [4.78, 5) is 13.3. The number of urea groups is 1. The molecule has 0 aliphatic carbocycles. The fourth-order valence-corrected chi connectivity index (χ4v) is 2.07. The van der Waals surface area contributed by atoms with E-state index in [-0.39, 0.29) is 6.03 Å². The molecule has 0 unspecified atom stereocenters. The predicted molar refractivity (Wildman–Crippen MR) is 62.6 cm³/mol. The largest absolute Gasteiger partial charge is 0.338 e. The number of benzene rings is 1. The van der Waals surface area contributed by atoms with Gasteiger partial charge in [0, 0.05) is 24.1 Å². The minimum atomic E-state index is 0.0389. The maximum atomic E-state index is 11.5. The van der Waals surface area contributed by atoms with Crippen LogP contribution in [0.4, 0.5) is 4.79 Å². The fourth-order valence-electron chi connectivity index (χ4n) is 1.66. The van der Waals surface area contributed by atoms with Crippen molar-refractivity contribution in [1.29, 1.82) is 0 Å². The number of rotatable bonds is 2. The first-order valence-electron chi connectivity index (χ1n) is 5.03. The van der Waals surface area contributed by atoms with E-state index in [0.29, 0.717) is 6.54 Å². The number of nitrogens with one attached hydrogen (secondary N) is 1. The summed E-state index contributed by atoms with van der Waals surface area (Å²) in [7, 11) is 0. The molecule has 1 aliphatic heterocycles. The van der Waals surface area contributed by atoms with Gasteiger partial charge in [-0.25, -0.2) is 4.79 Å². The number of hydrogen-bond acceptors (Lipinski definition) is 1. The fraction of sp³-hybridized carbons (Fsp3) is 0.364. The third-order valence-electron chi connectivity index (χ3n) is 2.49. The number of hydrogen-bond donors (Lipinski definition) is 1. The highest BCUT2D eigenvalue weighted by Gasteiger charge is 2.17. The molecule has 4 heteroatoms. The van der Waals surface area contributed by atoms with Gasteiger partial charge in [-0.2, -0.15) is 0 Å². The maximum Gasteiger partial charge on any atom is 0.317 e. The first-order chi connectivity index (χ1) is 7.27. The molecule has 1 aliphatic rings. The first kappa shape index (κ1) is 10.5. The second kappa shape index (κ2) is 4.66. The summed E-state index contributed by atoms with van der Waals surface area (Å²) in [6.45, 7) is 2.31. The van der Waals surface area contributed by atoms with Crippen LogP contribution in [0.3, 0.4) is 0 Å². The zero-order valence-corrected chi connectivity index (χ0v) is 9.96. The van der Waals surface area contributed by atoms with Crippen molar-refractivity contribution >= 4 is 22.0 Å². The summed E-state index contributed by atoms with van der Waals surface area (Å²) in [6, 6.07) is 8.03. The topological polar surface area (TPSA) is 32.3 Å². The lowest BCUT2D eigenvalue weighted by atomic mass is 10.2. The molecule has 0 atom stereocenters. The second-order valence-electron chi connectivity index (χ2n) is 3.60. The molecule has 80 valence electrons. The van der Waals surface area contributed by atoms with Crippen molar-refractivity contribution in [3.63, 3.8) is 0 Å². The van der Waals surface area contributed by atoms with Crippen LogP contribution in [0.1, 0.15) is 12.0 Å². The lowest BCUT2D eigenvalue weighted by molar-refractivity contribution is 0.183. The summed E-state index contributed by atoms with van der Waals surface area (Å²) in [6.07, 6.45) is 1.02. The molecule has 1 saturated heterocycles. The molecule has 0 saturated carbocycles. The van der Waals surface area contributed by atoms with E-state index in [1.54, 1.807) is 0 Å². The van der Waals surface area contributed by atoms with Crippen molar-refractivity contribution in [2.45, 2.75) is 13.0 Å². The minimum Gasteiger partial charge on any atom is -0.338 e. The lowest BCUT2D eigenvalue weighted by Gasteiger charge is -2.27. The molecule has 3 nitrogen and oxygen atoms in total. The summed E-state index contributed by atoms with van der Waals surface area (Å²) in [5.74, 6) is 0. The molecular formula is C11H13BrN2O. The Labute approximate surface area is 97.6 Å². The molecular weight excluding hydrogens is 256 g/mol. The zero-order chi connectivity index (χ0) is 10.7. The van der Waals surface area contributed by atoms with E-state index in [0.717, 1.165) is 29.5 Å². The first-order valence-corrected chi connectivity index (χ1v) is 5.83. The molecule has 1 aromatic carbocycles. The van der Waals surface area contributed by atoms with E-state index in [1.807, 2.05) is 29.2 Å². The monoisotopic (exact) mass is 268 g/mol. The molecule has 15 heavy (non-hydrogen) atoms. The molecule has 1 aromatic rings. The van der Waals surface area contributed by atoms with Crippen LogP contribution in [-0.2, 0) is 6.54 Å². The van der Waals surface area contributed by atoms with Crippen LogP contribution >= 0.6 is 15.9 Å². The molecule has 0 radical (unpaired) electrons. The van der Waals surface area contributed by atoms with E-state index in [1.165, 1.54) is 0 Å². The number of carbonyl (C=O) groups excluding carboxylic acids is 1. The van der Waals surface area contributed by atoms with E-state index < -0.39 is 0 Å². The van der Waals surface area contributed by atoms with Crippen molar-refractivity contribution in [3.05, 3.63) is 34.3 Å². The van der Waals surface area contributed by atoms with Crippen LogP contribution in [0, 0.1) is 0 Å². The lowest BCUT2D eigenvalue weighted by Crippen LogP contribution is -2.45. The number of nitrogens with zero attached hydrogens (tertiary/aromatic N) is 1. The van der Waals surface area contributed by atoms with E-state index >= 15 is 0 Å². The Morgan fingerprint density at radius 1 is 1.40 bits per heavy atom. The van der Waals surface area contributed by atoms with Gasteiger partial charge in [0.1, 0.15) is 0 Å². The van der Waals surface area contributed by atoms with Gasteiger partial charge in [0.25, 0.3) is 0 Å². The second-order valence-corrected chi connectivity index (χ2v) is 4.45. The van der Waals surface area contributed by atoms with Crippen LogP contribution in [0.15, 0.2) is 28.7 Å². The number of amides is 2. The van der Waals surface area contributed by atoms with Gasteiger partial charge in [0.05, 0.1) is 0 Å². The quantitative estimate of drug-likeness (QED) is 0.878. The summed E-state index contributed by atoms with van der Waals surface area (Å²) in [5.41, 5.74) is 1.15. The van der Waals surface area contributed by atoms with Gasteiger partial charge in [0.2, 0.25) is 0 Å². The molecule has 1 heterocycles. The van der Waals surface area contributed by atoms with Crippen molar-refractivity contribution in [3.8, 4) is 0 Å². The Morgan fingerprint density at radius 3 is 2.93 bits per heavy atom. The Hall–Kier alpha value is -1.03. The minimum absolute atomic E-state index is 0.0389. The Bertz CT molecular complexity index is 367. The van der Waals surface area contributed by atoms with E-state index in [2.05, 4.69) is 21.2 Å². The van der Waals surface area contributed by atoms with Gasteiger partial charge in [-0.15, -0.1) is 0 Å². The molecule has 1 N–H and O–H groups in total. The predicted octanol–water partition coefficient (Wildman–Crippen LogP) is 2.36. The normalized spacial score (nSPS) is 16.3. The highest BCUT2D eigenvalue weighted by Crippen LogP contribution is 2.18. The van der Waals surface area contributed by atoms with Gasteiger partial charge in [-0.3, -0.25) is 0 Å². The molecule has 0 aromatic heterocycles. The van der Waals surface area contributed by atoms with Crippen LogP contribution in [0.2, 0.25) is 0 Å². The van der Waals surface area contributed by atoms with Crippen molar-refractivity contribution in [2.24, 2.45) is 0 Å². The van der Waals surface area contributed by atoms with Crippen molar-refractivity contribution < 1.29 is 4.79 Å². The standard InChI is InChI=1S/C11H13BrN2O/c12-10-5-2-1-4-9(10)8-14-7-3-6-13-11(14)15/h1-2,4-5H,3,6-8H2,(H,13,15). The Kier molecular flexibility index (Phi) is 3.26. The SMILES string of the molecule is O=C1NCCCN1Cc1ccccc1Br. The third kappa shape index (κ3) is 2.50.